The minimum absolute atomic E-state index is 0.167. The second-order valence-electron chi connectivity index (χ2n) is 9.14. The zero-order valence-electron chi connectivity index (χ0n) is 26.6. The number of pyridine rings is 1. The summed E-state index contributed by atoms with van der Waals surface area (Å²) in [6.45, 7) is 17.2. The average molecular weight is 584 g/mol. The molecule has 0 aromatic carbocycles. The van der Waals surface area contributed by atoms with Crippen LogP contribution in [-0.2, 0) is 16.0 Å². The van der Waals surface area contributed by atoms with E-state index in [-0.39, 0.29) is 6.10 Å². The van der Waals surface area contributed by atoms with Gasteiger partial charge in [-0.2, -0.15) is 9.61 Å². The molecule has 1 saturated heterocycles. The Morgan fingerprint density at radius 3 is 2.52 bits per heavy atom. The first-order valence-electron chi connectivity index (χ1n) is 15.1. The summed E-state index contributed by atoms with van der Waals surface area (Å²) in [7, 11) is 2.83. The van der Waals surface area contributed by atoms with Gasteiger partial charge >= 0.3 is 5.97 Å². The van der Waals surface area contributed by atoms with Crippen LogP contribution < -0.4 is 5.32 Å². The molecule has 0 amide bonds. The maximum atomic E-state index is 12.9. The zero-order chi connectivity index (χ0) is 31.1. The molecule has 4 aromatic heterocycles. The summed E-state index contributed by atoms with van der Waals surface area (Å²) in [4.78, 5) is 24.9. The Kier molecular flexibility index (Phi) is 14.9. The number of aliphatic hydroxyl groups is 1. The highest BCUT2D eigenvalue weighted by atomic mass is 16.5. The molecule has 1 aliphatic rings. The third kappa shape index (κ3) is 8.27. The van der Waals surface area contributed by atoms with Crippen molar-refractivity contribution in [2.45, 2.75) is 67.0 Å². The number of aliphatic hydroxyl groups excluding tert-OH is 1. The number of hydrogen-bond donors (Lipinski definition) is 2. The Balaban J connectivity index is 0.000000966. The lowest BCUT2D eigenvalue weighted by Crippen LogP contribution is -2.38. The Morgan fingerprint density at radius 1 is 1.14 bits per heavy atom. The van der Waals surface area contributed by atoms with Gasteiger partial charge in [0.2, 0.25) is 0 Å². The van der Waals surface area contributed by atoms with Crippen LogP contribution in [0.3, 0.4) is 0 Å². The number of carbonyl (C=O) groups excluding carboxylic acids is 1. The van der Waals surface area contributed by atoms with Crippen LogP contribution in [0.2, 0.25) is 0 Å². The van der Waals surface area contributed by atoms with Gasteiger partial charge in [-0.15, -0.1) is 0 Å². The third-order valence-electron chi connectivity index (χ3n) is 6.62. The number of carbonyl (C=O) groups is 1. The summed E-state index contributed by atoms with van der Waals surface area (Å²) in [6.07, 6.45) is 7.03. The van der Waals surface area contributed by atoms with Crippen LogP contribution in [0.1, 0.15) is 64.7 Å². The minimum atomic E-state index is -0.410. The molecule has 2 N–H and O–H groups in total. The summed E-state index contributed by atoms with van der Waals surface area (Å²) >= 11 is 0. The van der Waals surface area contributed by atoms with E-state index in [0.29, 0.717) is 11.2 Å². The quantitative estimate of drug-likeness (QED) is 0.259. The van der Waals surface area contributed by atoms with Crippen LogP contribution >= 0.6 is 0 Å². The molecule has 0 radical (unpaired) electrons. The zero-order valence-corrected chi connectivity index (χ0v) is 26.6. The Morgan fingerprint density at radius 2 is 1.86 bits per heavy atom. The molecule has 0 spiro atoms. The van der Waals surface area contributed by atoms with Crippen molar-refractivity contribution in [3.05, 3.63) is 42.4 Å². The molecule has 5 rings (SSSR count). The molecule has 1 atom stereocenters. The fourth-order valence-corrected chi connectivity index (χ4v) is 4.71. The molecule has 5 heterocycles. The van der Waals surface area contributed by atoms with Gasteiger partial charge in [-0.3, -0.25) is 4.90 Å². The molecule has 11 heteroatoms. The molecule has 42 heavy (non-hydrogen) atoms. The highest BCUT2D eigenvalue weighted by Crippen LogP contribution is 2.31. The minimum Gasteiger partial charge on any atom is -0.459 e. The van der Waals surface area contributed by atoms with E-state index in [9.17, 15) is 4.79 Å². The van der Waals surface area contributed by atoms with Crippen LogP contribution in [0, 0.1) is 0 Å². The molecule has 232 valence electrons. The molecule has 11 nitrogen and oxygen atoms in total. The summed E-state index contributed by atoms with van der Waals surface area (Å²) < 4.78 is 14.9. The maximum absolute atomic E-state index is 12.9. The first-order chi connectivity index (χ1) is 20.6. The monoisotopic (exact) mass is 583 g/mol. The van der Waals surface area contributed by atoms with Crippen molar-refractivity contribution in [2.75, 3.05) is 52.3 Å². The van der Waals surface area contributed by atoms with Gasteiger partial charge in [-0.1, -0.05) is 41.0 Å². The molecule has 0 unspecified atom stereocenters. The van der Waals surface area contributed by atoms with E-state index in [2.05, 4.69) is 44.1 Å². The van der Waals surface area contributed by atoms with Gasteiger partial charge < -0.3 is 24.5 Å². The van der Waals surface area contributed by atoms with Crippen LogP contribution in [0.25, 0.3) is 27.9 Å². The maximum Gasteiger partial charge on any atom is 0.343 e. The van der Waals surface area contributed by atoms with Gasteiger partial charge in [-0.25, -0.2) is 14.8 Å². The van der Waals surface area contributed by atoms with Crippen LogP contribution in [-0.4, -0.2) is 93.2 Å². The first kappa shape index (κ1) is 34.7. The molecule has 0 aliphatic carbocycles. The standard InChI is InChI=1S/C26H33N7O3.2C2H6.CH4O/c1-4-6-18(2)36-26(34)20-16-29-33-23(27-3)15-22(30-25(20)33)21-17-32(24-19(21)7-5-8-28-24)10-9-31-11-13-35-14-12-31;3*1-2/h5,7-8,15-18,27H,4,6,9-14H2,1-3H3;2*1-2H3;2H,1H3/t18-;;;/m0.../s1. The molecular weight excluding hydrogens is 534 g/mol. The number of fused-ring (bicyclic) bond motifs is 2. The topological polar surface area (TPSA) is 119 Å². The van der Waals surface area contributed by atoms with Gasteiger partial charge in [0.1, 0.15) is 17.0 Å². The average Bonchev–Trinajstić information content (AvgIpc) is 3.65. The van der Waals surface area contributed by atoms with Crippen molar-refractivity contribution in [1.82, 2.24) is 29.0 Å². The number of anilines is 1. The SMILES string of the molecule is CC.CC.CCC[C@H](C)OC(=O)c1cnn2c(NC)cc(-c3cn(CCN4CCOCC4)c4ncccc34)nc12.CO. The van der Waals surface area contributed by atoms with Crippen molar-refractivity contribution in [1.29, 1.82) is 0 Å². The van der Waals surface area contributed by atoms with E-state index in [4.69, 9.17) is 19.6 Å². The van der Waals surface area contributed by atoms with E-state index in [0.717, 1.165) is 87.5 Å². The van der Waals surface area contributed by atoms with Gasteiger partial charge in [0.25, 0.3) is 0 Å². The molecule has 1 fully saturated rings. The van der Waals surface area contributed by atoms with Crippen molar-refractivity contribution >= 4 is 28.5 Å². The lowest BCUT2D eigenvalue weighted by Gasteiger charge is -2.26. The van der Waals surface area contributed by atoms with E-state index in [1.54, 1.807) is 4.52 Å². The van der Waals surface area contributed by atoms with Gasteiger partial charge in [0, 0.05) is 69.7 Å². The number of nitrogens with one attached hydrogen (secondary N) is 1. The van der Waals surface area contributed by atoms with Gasteiger partial charge in [-0.05, 0) is 25.5 Å². The van der Waals surface area contributed by atoms with E-state index >= 15 is 0 Å². The first-order valence-corrected chi connectivity index (χ1v) is 15.1. The second-order valence-corrected chi connectivity index (χ2v) is 9.14. The van der Waals surface area contributed by atoms with Crippen LogP contribution in [0.4, 0.5) is 5.82 Å². The number of aromatic nitrogens is 5. The second kappa shape index (κ2) is 18.1. The fraction of sp³-hybridized carbons (Fsp3) is 0.548. The van der Waals surface area contributed by atoms with Gasteiger partial charge in [0.15, 0.2) is 5.65 Å². The number of esters is 1. The summed E-state index contributed by atoms with van der Waals surface area (Å²) in [5.74, 6) is 0.320. The van der Waals surface area contributed by atoms with Crippen molar-refractivity contribution in [3.8, 4) is 11.3 Å². The highest BCUT2D eigenvalue weighted by molar-refractivity contribution is 5.98. The Labute approximate surface area is 249 Å². The predicted octanol–water partition coefficient (Wildman–Crippen LogP) is 5.13. The molecule has 4 aromatic rings. The number of nitrogens with zero attached hydrogens (tertiary/aromatic N) is 6. The van der Waals surface area contributed by atoms with Crippen LogP contribution in [0.5, 0.6) is 0 Å². The Bertz CT molecular complexity index is 1360. The third-order valence-corrected chi connectivity index (χ3v) is 6.62. The van der Waals surface area contributed by atoms with Crippen molar-refractivity contribution in [3.63, 3.8) is 0 Å². The normalized spacial score (nSPS) is 13.6. The summed E-state index contributed by atoms with van der Waals surface area (Å²) in [6, 6.07) is 5.95. The summed E-state index contributed by atoms with van der Waals surface area (Å²) in [5, 5.41) is 15.6. The van der Waals surface area contributed by atoms with Crippen molar-refractivity contribution in [2.24, 2.45) is 0 Å². The number of rotatable bonds is 9. The van der Waals surface area contributed by atoms with Gasteiger partial charge in [0.05, 0.1) is 31.2 Å². The number of hydrogen-bond acceptors (Lipinski definition) is 9. The molecular formula is C31H49N7O4. The van der Waals surface area contributed by atoms with E-state index < -0.39 is 5.97 Å². The number of morpholine rings is 1. The molecule has 1 aliphatic heterocycles. The highest BCUT2D eigenvalue weighted by Gasteiger charge is 2.22. The van der Waals surface area contributed by atoms with Crippen LogP contribution in [0.15, 0.2) is 36.8 Å². The number of ether oxygens (including phenoxy) is 2. The lowest BCUT2D eigenvalue weighted by atomic mass is 10.1. The van der Waals surface area contributed by atoms with Crippen molar-refractivity contribution < 1.29 is 19.4 Å². The molecule has 0 saturated carbocycles. The predicted molar refractivity (Wildman–Crippen MR) is 169 cm³/mol. The van der Waals surface area contributed by atoms with E-state index in [1.165, 1.54) is 6.20 Å². The lowest BCUT2D eigenvalue weighted by molar-refractivity contribution is 0.0325. The van der Waals surface area contributed by atoms with E-state index in [1.807, 2.05) is 60.0 Å². The molecule has 0 bridgehead atoms. The Hall–Kier alpha value is -3.54. The largest absolute Gasteiger partial charge is 0.459 e. The fourth-order valence-electron chi connectivity index (χ4n) is 4.71. The smallest absolute Gasteiger partial charge is 0.343 e. The summed E-state index contributed by atoms with van der Waals surface area (Å²) in [5.41, 5.74) is 3.43.